The van der Waals surface area contributed by atoms with Crippen molar-refractivity contribution < 1.29 is 19.4 Å². The molecule has 1 amide bonds. The monoisotopic (exact) mass is 345 g/mol. The Bertz CT molecular complexity index is 725. The zero-order chi connectivity index (χ0) is 18.6. The Kier molecular flexibility index (Phi) is 6.53. The van der Waals surface area contributed by atoms with Gasteiger partial charge in [-0.25, -0.2) is 0 Å². The summed E-state index contributed by atoms with van der Waals surface area (Å²) in [7, 11) is 3.11. The van der Waals surface area contributed by atoms with Gasteiger partial charge in [-0.15, -0.1) is 0 Å². The second-order valence-electron chi connectivity index (χ2n) is 6.35. The number of benzene rings is 2. The minimum Gasteiger partial charge on any atom is -0.393 e. The van der Waals surface area contributed by atoms with E-state index in [0.717, 1.165) is 22.0 Å². The van der Waals surface area contributed by atoms with Crippen molar-refractivity contribution in [2.24, 2.45) is 0 Å². The molecule has 1 N–H and O–H groups in total. The third-order valence-electron chi connectivity index (χ3n) is 4.35. The predicted molar refractivity (Wildman–Crippen MR) is 99.7 cm³/mol. The van der Waals surface area contributed by atoms with E-state index in [1.54, 1.807) is 26.0 Å². The third kappa shape index (κ3) is 4.18. The number of amides is 1. The highest BCUT2D eigenvalue weighted by Gasteiger charge is 2.31. The Morgan fingerprint density at radius 1 is 1.12 bits per heavy atom. The molecule has 2 aromatic rings. The molecule has 0 spiro atoms. The van der Waals surface area contributed by atoms with E-state index in [2.05, 4.69) is 0 Å². The number of ether oxygens (including phenoxy) is 2. The zero-order valence-electron chi connectivity index (χ0n) is 15.5. The maximum atomic E-state index is 13.0. The molecule has 0 fully saturated rings. The van der Waals surface area contributed by atoms with Gasteiger partial charge >= 0.3 is 0 Å². The van der Waals surface area contributed by atoms with Crippen molar-refractivity contribution in [2.45, 2.75) is 45.6 Å². The minimum atomic E-state index is -0.721. The Labute approximate surface area is 149 Å². The van der Waals surface area contributed by atoms with E-state index < -0.39 is 12.4 Å². The smallest absolute Gasteiger partial charge is 0.230 e. The van der Waals surface area contributed by atoms with Crippen LogP contribution in [0.25, 0.3) is 10.8 Å². The first-order chi connectivity index (χ1) is 11.9. The highest BCUT2D eigenvalue weighted by Crippen LogP contribution is 2.33. The van der Waals surface area contributed by atoms with Crippen LogP contribution >= 0.6 is 0 Å². The standard InChI is InChI=1S/C20H27NO4/c1-13-10-11-16-8-6-7-9-17(16)19(13)21(18(23)12-14(2)22)15(3)20(24-4)25-5/h6-11,14-15,20,22H,12H2,1-5H3. The molecule has 0 heterocycles. The second-order valence-corrected chi connectivity index (χ2v) is 6.35. The van der Waals surface area contributed by atoms with Crippen LogP contribution in [0, 0.1) is 6.92 Å². The predicted octanol–water partition coefficient (Wildman–Crippen LogP) is 3.26. The molecule has 0 saturated heterocycles. The lowest BCUT2D eigenvalue weighted by atomic mass is 10.0. The number of carbonyl (C=O) groups excluding carboxylic acids is 1. The number of nitrogens with zero attached hydrogens (tertiary/aromatic N) is 1. The quantitative estimate of drug-likeness (QED) is 0.783. The molecule has 5 heteroatoms. The summed E-state index contributed by atoms with van der Waals surface area (Å²) in [6, 6.07) is 11.6. The number of anilines is 1. The highest BCUT2D eigenvalue weighted by atomic mass is 16.7. The van der Waals surface area contributed by atoms with E-state index >= 15 is 0 Å². The summed E-state index contributed by atoms with van der Waals surface area (Å²) in [5.41, 5.74) is 1.81. The summed E-state index contributed by atoms with van der Waals surface area (Å²) < 4.78 is 10.8. The Morgan fingerprint density at radius 3 is 2.36 bits per heavy atom. The average molecular weight is 345 g/mol. The lowest BCUT2D eigenvalue weighted by Gasteiger charge is -2.35. The molecular formula is C20H27NO4. The van der Waals surface area contributed by atoms with Crippen molar-refractivity contribution in [2.75, 3.05) is 19.1 Å². The molecule has 2 unspecified atom stereocenters. The summed E-state index contributed by atoms with van der Waals surface area (Å²) in [4.78, 5) is 14.7. The van der Waals surface area contributed by atoms with Gasteiger partial charge in [-0.3, -0.25) is 4.79 Å². The SMILES string of the molecule is COC(OC)C(C)N(C(=O)CC(C)O)c1c(C)ccc2ccccc12. The number of aryl methyl sites for hydroxylation is 1. The highest BCUT2D eigenvalue weighted by molar-refractivity contribution is 6.05. The van der Waals surface area contributed by atoms with Crippen LogP contribution in [0.2, 0.25) is 0 Å². The number of aliphatic hydroxyl groups excluding tert-OH is 1. The third-order valence-corrected chi connectivity index (χ3v) is 4.35. The molecule has 25 heavy (non-hydrogen) atoms. The number of hydrogen-bond donors (Lipinski definition) is 1. The van der Waals surface area contributed by atoms with Crippen LogP contribution in [0.5, 0.6) is 0 Å². The van der Waals surface area contributed by atoms with Gasteiger partial charge in [0.05, 0.1) is 24.3 Å². The lowest BCUT2D eigenvalue weighted by Crippen LogP contribution is -2.48. The van der Waals surface area contributed by atoms with Gasteiger partial charge in [0.25, 0.3) is 0 Å². The summed E-state index contributed by atoms with van der Waals surface area (Å²) in [6.45, 7) is 5.48. The maximum Gasteiger partial charge on any atom is 0.230 e. The molecule has 0 saturated carbocycles. The molecule has 2 aromatic carbocycles. The fourth-order valence-electron chi connectivity index (χ4n) is 3.20. The number of hydrogen-bond acceptors (Lipinski definition) is 4. The summed E-state index contributed by atoms with van der Waals surface area (Å²) >= 11 is 0. The van der Waals surface area contributed by atoms with Crippen molar-refractivity contribution in [3.05, 3.63) is 42.0 Å². The molecule has 5 nitrogen and oxygen atoms in total. The van der Waals surface area contributed by atoms with Gasteiger partial charge in [-0.05, 0) is 31.7 Å². The molecule has 0 bridgehead atoms. The van der Waals surface area contributed by atoms with Crippen LogP contribution in [0.15, 0.2) is 36.4 Å². The van der Waals surface area contributed by atoms with Crippen LogP contribution in [-0.4, -0.2) is 43.7 Å². The first kappa shape index (κ1) is 19.4. The average Bonchev–Trinajstić information content (AvgIpc) is 2.57. The fourth-order valence-corrected chi connectivity index (χ4v) is 3.20. The molecule has 0 radical (unpaired) electrons. The number of rotatable bonds is 7. The van der Waals surface area contributed by atoms with E-state index in [-0.39, 0.29) is 18.4 Å². The first-order valence-electron chi connectivity index (χ1n) is 8.44. The van der Waals surface area contributed by atoms with Gasteiger partial charge in [-0.2, -0.15) is 0 Å². The van der Waals surface area contributed by atoms with Crippen molar-refractivity contribution in [1.82, 2.24) is 0 Å². The summed E-state index contributed by atoms with van der Waals surface area (Å²) in [5, 5.41) is 11.8. The maximum absolute atomic E-state index is 13.0. The number of aliphatic hydroxyl groups is 1. The largest absolute Gasteiger partial charge is 0.393 e. The molecule has 0 aromatic heterocycles. The minimum absolute atomic E-state index is 0.0349. The van der Waals surface area contributed by atoms with Crippen molar-refractivity contribution in [3.63, 3.8) is 0 Å². The first-order valence-corrected chi connectivity index (χ1v) is 8.44. The van der Waals surface area contributed by atoms with Gasteiger partial charge in [-0.1, -0.05) is 36.4 Å². The van der Waals surface area contributed by atoms with Crippen LogP contribution in [-0.2, 0) is 14.3 Å². The molecular weight excluding hydrogens is 318 g/mol. The fraction of sp³-hybridized carbons (Fsp3) is 0.450. The Morgan fingerprint density at radius 2 is 1.76 bits per heavy atom. The lowest BCUT2D eigenvalue weighted by molar-refractivity contribution is -0.130. The molecule has 0 aliphatic heterocycles. The van der Waals surface area contributed by atoms with Gasteiger partial charge in [0.2, 0.25) is 5.91 Å². The van der Waals surface area contributed by atoms with Crippen molar-refractivity contribution in [3.8, 4) is 0 Å². The molecule has 136 valence electrons. The molecule has 0 aliphatic carbocycles. The van der Waals surface area contributed by atoms with Gasteiger partial charge in [0.15, 0.2) is 6.29 Å². The Hall–Kier alpha value is -1.95. The van der Waals surface area contributed by atoms with Crippen LogP contribution in [0.4, 0.5) is 5.69 Å². The van der Waals surface area contributed by atoms with Gasteiger partial charge in [0, 0.05) is 19.6 Å². The Balaban J connectivity index is 2.63. The van der Waals surface area contributed by atoms with Crippen LogP contribution in [0.3, 0.4) is 0 Å². The van der Waals surface area contributed by atoms with Crippen molar-refractivity contribution >= 4 is 22.4 Å². The van der Waals surface area contributed by atoms with E-state index in [1.807, 2.05) is 50.2 Å². The number of carbonyl (C=O) groups is 1. The van der Waals surface area contributed by atoms with E-state index in [4.69, 9.17) is 9.47 Å². The summed E-state index contributed by atoms with van der Waals surface area (Å²) in [5.74, 6) is -0.166. The normalized spacial score (nSPS) is 13.9. The zero-order valence-corrected chi connectivity index (χ0v) is 15.5. The van der Waals surface area contributed by atoms with E-state index in [1.165, 1.54) is 0 Å². The number of fused-ring (bicyclic) bond motifs is 1. The van der Waals surface area contributed by atoms with E-state index in [0.29, 0.717) is 0 Å². The summed E-state index contributed by atoms with van der Waals surface area (Å²) in [6.07, 6.45) is -1.26. The topological polar surface area (TPSA) is 59.0 Å². The molecule has 0 aliphatic rings. The van der Waals surface area contributed by atoms with Gasteiger partial charge in [0.1, 0.15) is 0 Å². The molecule has 2 atom stereocenters. The second kappa shape index (κ2) is 8.43. The van der Waals surface area contributed by atoms with E-state index in [9.17, 15) is 9.90 Å². The number of methoxy groups -OCH3 is 2. The van der Waals surface area contributed by atoms with Crippen LogP contribution < -0.4 is 4.90 Å². The van der Waals surface area contributed by atoms with Crippen LogP contribution in [0.1, 0.15) is 25.8 Å². The van der Waals surface area contributed by atoms with Gasteiger partial charge < -0.3 is 19.5 Å². The van der Waals surface area contributed by atoms with Crippen molar-refractivity contribution in [1.29, 1.82) is 0 Å². The molecule has 2 rings (SSSR count).